The summed E-state index contributed by atoms with van der Waals surface area (Å²) in [5, 5.41) is 18.8. The second kappa shape index (κ2) is 15.3. The molecule has 8 rings (SSSR count). The molecule has 5 aromatic rings. The maximum atomic E-state index is 14.3. The van der Waals surface area contributed by atoms with E-state index in [1.165, 1.54) is 22.6 Å². The summed E-state index contributed by atoms with van der Waals surface area (Å²) in [7, 11) is 0. The molecular weight excluding hydrogens is 690 g/mol. The van der Waals surface area contributed by atoms with Crippen molar-refractivity contribution < 1.29 is 18.7 Å². The number of nitrogens with one attached hydrogen (secondary N) is 2. The summed E-state index contributed by atoms with van der Waals surface area (Å²) in [6.07, 6.45) is 13.3. The van der Waals surface area contributed by atoms with Crippen LogP contribution in [0.2, 0.25) is 0 Å². The van der Waals surface area contributed by atoms with Crippen molar-refractivity contribution in [3.05, 3.63) is 90.9 Å². The third-order valence-electron chi connectivity index (χ3n) is 10.8. The van der Waals surface area contributed by atoms with Gasteiger partial charge in [-0.2, -0.15) is 20.1 Å². The van der Waals surface area contributed by atoms with Crippen LogP contribution in [-0.4, -0.2) is 84.7 Å². The number of piperidine rings is 3. The van der Waals surface area contributed by atoms with Gasteiger partial charge in [-0.25, -0.2) is 9.37 Å². The minimum Gasteiger partial charge on any atom is -0.482 e. The van der Waals surface area contributed by atoms with Gasteiger partial charge in [0.1, 0.15) is 18.0 Å². The number of carbonyl (C=O) groups is 2. The predicted molar refractivity (Wildman–Crippen MR) is 202 cm³/mol. The normalized spacial score (nSPS) is 19.4. The van der Waals surface area contributed by atoms with Gasteiger partial charge in [0, 0.05) is 79.1 Å². The van der Waals surface area contributed by atoms with Gasteiger partial charge < -0.3 is 25.6 Å². The molecular formula is C39H44FN11O3. The third kappa shape index (κ3) is 7.62. The zero-order chi connectivity index (χ0) is 37.2. The summed E-state index contributed by atoms with van der Waals surface area (Å²) in [6.45, 7) is 5.88. The molecule has 4 N–H and O–H groups in total. The monoisotopic (exact) mass is 733 g/mol. The molecule has 3 saturated heterocycles. The van der Waals surface area contributed by atoms with Crippen LogP contribution in [0.1, 0.15) is 63.2 Å². The Hall–Kier alpha value is -5.83. The lowest BCUT2D eigenvalue weighted by Gasteiger charge is -2.42. The number of nitrogens with two attached hydrogens (primary N) is 1. The van der Waals surface area contributed by atoms with E-state index in [1.807, 2.05) is 31.3 Å². The highest BCUT2D eigenvalue weighted by Crippen LogP contribution is 2.34. The lowest BCUT2D eigenvalue weighted by molar-refractivity contribution is -0.133. The summed E-state index contributed by atoms with van der Waals surface area (Å²) in [5.41, 5.74) is 11.2. The summed E-state index contributed by atoms with van der Waals surface area (Å²) in [6, 6.07) is 15.0. The highest BCUT2D eigenvalue weighted by molar-refractivity contribution is 6.01. The first-order valence-electron chi connectivity index (χ1n) is 18.6. The number of hydrogen-bond donors (Lipinski definition) is 3. The number of nitrogen functional groups attached to an aromatic ring is 1. The number of likely N-dealkylation sites (tertiary alicyclic amines) is 1. The number of nitrogens with zero attached hydrogens (tertiary/aromatic N) is 8. The van der Waals surface area contributed by atoms with Crippen LogP contribution in [0.25, 0.3) is 16.8 Å². The van der Waals surface area contributed by atoms with Crippen molar-refractivity contribution in [1.82, 2.24) is 40.0 Å². The van der Waals surface area contributed by atoms with E-state index in [1.54, 1.807) is 24.7 Å². The molecule has 280 valence electrons. The third-order valence-corrected chi connectivity index (χ3v) is 10.8. The van der Waals surface area contributed by atoms with Gasteiger partial charge >= 0.3 is 0 Å². The zero-order valence-corrected chi connectivity index (χ0v) is 30.1. The van der Waals surface area contributed by atoms with Crippen LogP contribution in [0.3, 0.4) is 0 Å². The van der Waals surface area contributed by atoms with Crippen molar-refractivity contribution in [2.24, 2.45) is 0 Å². The van der Waals surface area contributed by atoms with E-state index in [0.29, 0.717) is 41.9 Å². The quantitative estimate of drug-likeness (QED) is 0.167. The number of anilines is 3. The van der Waals surface area contributed by atoms with Crippen molar-refractivity contribution >= 4 is 29.0 Å². The number of amides is 2. The van der Waals surface area contributed by atoms with Gasteiger partial charge in [0.25, 0.3) is 0 Å². The predicted octanol–water partition coefficient (Wildman–Crippen LogP) is 4.91. The molecule has 14 nitrogen and oxygen atoms in total. The van der Waals surface area contributed by atoms with Crippen LogP contribution in [0.4, 0.5) is 21.6 Å². The van der Waals surface area contributed by atoms with E-state index in [2.05, 4.69) is 58.6 Å². The zero-order valence-electron chi connectivity index (χ0n) is 30.1. The SMILES string of the molecule is C[C@@H](Oc1cc(-c2cnn(C3CCN(C4CCN(c5ccc(NC6CCC(=O)NC6=O)cc5)CC4)CC3)c2)cnc1N)c1cc(F)ccc1-n1nccn1. The number of halogens is 1. The van der Waals surface area contributed by atoms with E-state index < -0.39 is 6.10 Å². The van der Waals surface area contributed by atoms with E-state index in [4.69, 9.17) is 15.6 Å². The van der Waals surface area contributed by atoms with Gasteiger partial charge in [-0.3, -0.25) is 19.6 Å². The molecule has 0 radical (unpaired) electrons. The van der Waals surface area contributed by atoms with Gasteiger partial charge in [0.05, 0.1) is 30.3 Å². The first-order valence-corrected chi connectivity index (χ1v) is 18.6. The average Bonchev–Trinajstić information content (AvgIpc) is 3.91. The topological polar surface area (TPSA) is 161 Å². The Balaban J connectivity index is 0.835. The Morgan fingerprint density at radius 3 is 2.37 bits per heavy atom. The first kappa shape index (κ1) is 35.2. The highest BCUT2D eigenvalue weighted by atomic mass is 19.1. The molecule has 2 atom stereocenters. The molecule has 1 unspecified atom stereocenters. The molecule has 15 heteroatoms. The molecule has 0 spiro atoms. The van der Waals surface area contributed by atoms with E-state index in [9.17, 15) is 14.0 Å². The fourth-order valence-corrected chi connectivity index (χ4v) is 7.83. The first-order chi connectivity index (χ1) is 26.3. The lowest BCUT2D eigenvalue weighted by atomic mass is 9.97. The average molecular weight is 734 g/mol. The summed E-state index contributed by atoms with van der Waals surface area (Å²) in [4.78, 5) is 34.5. The molecule has 3 aliphatic rings. The highest BCUT2D eigenvalue weighted by Gasteiger charge is 2.30. The van der Waals surface area contributed by atoms with Crippen LogP contribution in [0.15, 0.2) is 79.5 Å². The van der Waals surface area contributed by atoms with Crippen molar-refractivity contribution in [3.63, 3.8) is 0 Å². The number of carbonyl (C=O) groups excluding carboxylic acids is 2. The maximum Gasteiger partial charge on any atom is 0.249 e. The van der Waals surface area contributed by atoms with Crippen molar-refractivity contribution in [2.75, 3.05) is 42.1 Å². The Bertz CT molecular complexity index is 2090. The van der Waals surface area contributed by atoms with Crippen LogP contribution in [0, 0.1) is 5.82 Å². The Labute approximate surface area is 312 Å². The van der Waals surface area contributed by atoms with Crippen LogP contribution in [-0.2, 0) is 9.59 Å². The molecule has 3 aliphatic heterocycles. The molecule has 2 amide bonds. The number of imide groups is 1. The van der Waals surface area contributed by atoms with Gasteiger partial charge in [0.2, 0.25) is 11.8 Å². The van der Waals surface area contributed by atoms with Gasteiger partial charge in [0.15, 0.2) is 11.6 Å². The van der Waals surface area contributed by atoms with Crippen molar-refractivity contribution in [2.45, 2.75) is 69.7 Å². The van der Waals surface area contributed by atoms with E-state index >= 15 is 0 Å². The molecule has 3 fully saturated rings. The van der Waals surface area contributed by atoms with Crippen LogP contribution < -0.4 is 26.0 Å². The number of pyridine rings is 1. The van der Waals surface area contributed by atoms with E-state index in [-0.39, 0.29) is 29.5 Å². The second-order valence-corrected chi connectivity index (χ2v) is 14.3. The van der Waals surface area contributed by atoms with Crippen molar-refractivity contribution in [1.29, 1.82) is 0 Å². The molecule has 6 heterocycles. The Morgan fingerprint density at radius 1 is 0.889 bits per heavy atom. The molecule has 54 heavy (non-hydrogen) atoms. The summed E-state index contributed by atoms with van der Waals surface area (Å²) >= 11 is 0. The number of hydrogen-bond acceptors (Lipinski definition) is 11. The Kier molecular flexibility index (Phi) is 9.95. The standard InChI is InChI=1S/C39H44FN11O3/c1-25(33-21-28(40)2-8-35(33)51-43-14-15-44-51)54-36-20-26(22-42-38(36)41)27-23-45-50(24-27)32-12-18-49(19-13-32)31-10-16-48(17-11-31)30-5-3-29(4-6-30)46-34-7-9-37(52)47-39(34)53/h2-6,8,14-15,20-25,31-32,34,46H,7,9-13,16-19H2,1H3,(H2,41,42)(H,47,52,53)/t25-,34?/m1/s1. The minimum atomic E-state index is -0.566. The van der Waals surface area contributed by atoms with Crippen LogP contribution >= 0.6 is 0 Å². The summed E-state index contributed by atoms with van der Waals surface area (Å²) in [5.74, 6) is -0.221. The number of rotatable bonds is 10. The molecule has 0 aliphatic carbocycles. The fraction of sp³-hybridized carbons (Fsp3) is 0.385. The minimum absolute atomic E-state index is 0.209. The van der Waals surface area contributed by atoms with Gasteiger partial charge in [-0.15, -0.1) is 0 Å². The molecule has 0 bridgehead atoms. The largest absolute Gasteiger partial charge is 0.482 e. The van der Waals surface area contributed by atoms with E-state index in [0.717, 1.165) is 68.7 Å². The smallest absolute Gasteiger partial charge is 0.249 e. The maximum absolute atomic E-state index is 14.3. The molecule has 3 aromatic heterocycles. The molecule has 0 saturated carbocycles. The second-order valence-electron chi connectivity index (χ2n) is 14.3. The van der Waals surface area contributed by atoms with Gasteiger partial charge in [-0.1, -0.05) is 0 Å². The summed E-state index contributed by atoms with van der Waals surface area (Å²) < 4.78 is 22.6. The van der Waals surface area contributed by atoms with Crippen molar-refractivity contribution in [3.8, 4) is 22.6 Å². The lowest BCUT2D eigenvalue weighted by Crippen LogP contribution is -2.48. The number of benzene rings is 2. The molecule has 2 aromatic carbocycles. The fourth-order valence-electron chi connectivity index (χ4n) is 7.83. The Morgan fingerprint density at radius 2 is 1.63 bits per heavy atom. The van der Waals surface area contributed by atoms with Gasteiger partial charge in [-0.05, 0) is 87.6 Å². The number of ether oxygens (including phenoxy) is 1. The van der Waals surface area contributed by atoms with Crippen LogP contribution in [0.5, 0.6) is 5.75 Å². The number of aromatic nitrogens is 6.